The average Bonchev–Trinajstić information content (AvgIpc) is 2.30. The summed E-state index contributed by atoms with van der Waals surface area (Å²) in [4.78, 5) is 1.11. The monoisotopic (exact) mass is 274 g/mol. The SMILES string of the molecule is CCNCCS(=O)(=O)Nc1ccc(SC)cc1. The normalized spacial score (nSPS) is 11.4. The van der Waals surface area contributed by atoms with Crippen molar-refractivity contribution >= 4 is 27.5 Å². The Bertz CT molecular complexity index is 429. The molecule has 0 heterocycles. The van der Waals surface area contributed by atoms with Crippen molar-refractivity contribution in [3.63, 3.8) is 0 Å². The molecule has 96 valence electrons. The summed E-state index contributed by atoms with van der Waals surface area (Å²) in [5.74, 6) is 0.0884. The zero-order chi connectivity index (χ0) is 12.7. The van der Waals surface area contributed by atoms with E-state index in [9.17, 15) is 8.42 Å². The molecule has 0 atom stereocenters. The Morgan fingerprint density at radius 2 is 1.88 bits per heavy atom. The molecule has 1 aromatic carbocycles. The Balaban J connectivity index is 2.56. The van der Waals surface area contributed by atoms with Gasteiger partial charge in [-0.25, -0.2) is 8.42 Å². The molecule has 0 spiro atoms. The maximum atomic E-state index is 11.7. The largest absolute Gasteiger partial charge is 0.316 e. The van der Waals surface area contributed by atoms with E-state index in [1.165, 1.54) is 0 Å². The second-order valence-corrected chi connectivity index (χ2v) is 6.22. The fourth-order valence-electron chi connectivity index (χ4n) is 1.27. The van der Waals surface area contributed by atoms with Gasteiger partial charge < -0.3 is 5.32 Å². The Kier molecular flexibility index (Phi) is 5.80. The van der Waals surface area contributed by atoms with Crippen LogP contribution >= 0.6 is 11.8 Å². The number of hydrogen-bond donors (Lipinski definition) is 2. The van der Waals surface area contributed by atoms with Crippen LogP contribution in [0.4, 0.5) is 5.69 Å². The number of nitrogens with one attached hydrogen (secondary N) is 2. The maximum absolute atomic E-state index is 11.7. The lowest BCUT2D eigenvalue weighted by molar-refractivity contribution is 0.597. The highest BCUT2D eigenvalue weighted by molar-refractivity contribution is 7.98. The van der Waals surface area contributed by atoms with Crippen molar-refractivity contribution in [2.24, 2.45) is 0 Å². The molecule has 0 unspecified atom stereocenters. The number of benzene rings is 1. The first-order valence-corrected chi connectivity index (χ1v) is 8.30. The van der Waals surface area contributed by atoms with Crippen molar-refractivity contribution in [3.05, 3.63) is 24.3 Å². The molecule has 1 rings (SSSR count). The van der Waals surface area contributed by atoms with E-state index < -0.39 is 10.0 Å². The van der Waals surface area contributed by atoms with E-state index in [1.54, 1.807) is 23.9 Å². The summed E-state index contributed by atoms with van der Waals surface area (Å²) in [7, 11) is -3.25. The van der Waals surface area contributed by atoms with Crippen molar-refractivity contribution in [2.45, 2.75) is 11.8 Å². The van der Waals surface area contributed by atoms with Crippen LogP contribution in [0, 0.1) is 0 Å². The van der Waals surface area contributed by atoms with Gasteiger partial charge in [0.2, 0.25) is 10.0 Å². The molecule has 0 amide bonds. The number of rotatable bonds is 7. The first-order valence-electron chi connectivity index (χ1n) is 5.42. The standard InChI is InChI=1S/C11H18N2O2S2/c1-3-12-8-9-17(14,15)13-10-4-6-11(16-2)7-5-10/h4-7,12-13H,3,8-9H2,1-2H3. The summed E-state index contributed by atoms with van der Waals surface area (Å²) in [6.07, 6.45) is 1.98. The first-order chi connectivity index (χ1) is 8.07. The van der Waals surface area contributed by atoms with Crippen LogP contribution in [-0.4, -0.2) is 33.5 Å². The molecule has 0 saturated carbocycles. The molecule has 4 nitrogen and oxygen atoms in total. The quantitative estimate of drug-likeness (QED) is 0.587. The van der Waals surface area contributed by atoms with Crippen LogP contribution in [0.25, 0.3) is 0 Å². The molecule has 1 aromatic rings. The third-order valence-electron chi connectivity index (χ3n) is 2.16. The molecule has 2 N–H and O–H groups in total. The molecule has 0 bridgehead atoms. The highest BCUT2D eigenvalue weighted by Gasteiger charge is 2.09. The molecule has 0 aliphatic rings. The zero-order valence-corrected chi connectivity index (χ0v) is 11.7. The van der Waals surface area contributed by atoms with E-state index in [4.69, 9.17) is 0 Å². The molecule has 6 heteroatoms. The molecule has 0 saturated heterocycles. The fourth-order valence-corrected chi connectivity index (χ4v) is 2.69. The summed E-state index contributed by atoms with van der Waals surface area (Å²) in [5, 5.41) is 2.99. The molecule has 0 aliphatic heterocycles. The first kappa shape index (κ1) is 14.3. The second-order valence-electron chi connectivity index (χ2n) is 3.50. The maximum Gasteiger partial charge on any atom is 0.233 e. The van der Waals surface area contributed by atoms with Gasteiger partial charge in [0.05, 0.1) is 5.75 Å². The van der Waals surface area contributed by atoms with Crippen LogP contribution in [0.1, 0.15) is 6.92 Å². The highest BCUT2D eigenvalue weighted by atomic mass is 32.2. The molecule has 0 radical (unpaired) electrons. The summed E-state index contributed by atoms with van der Waals surface area (Å²) in [5.41, 5.74) is 0.610. The Labute approximate surface area is 107 Å². The Hall–Kier alpha value is -0.720. The van der Waals surface area contributed by atoms with Gasteiger partial charge in [0.15, 0.2) is 0 Å². The van der Waals surface area contributed by atoms with Crippen molar-refractivity contribution in [1.82, 2.24) is 5.32 Å². The van der Waals surface area contributed by atoms with E-state index >= 15 is 0 Å². The summed E-state index contributed by atoms with van der Waals surface area (Å²) in [6, 6.07) is 7.34. The van der Waals surface area contributed by atoms with Crippen molar-refractivity contribution in [2.75, 3.05) is 29.8 Å². The van der Waals surface area contributed by atoms with Crippen molar-refractivity contribution in [3.8, 4) is 0 Å². The predicted molar refractivity (Wildman–Crippen MR) is 74.2 cm³/mol. The van der Waals surface area contributed by atoms with Gasteiger partial charge in [-0.05, 0) is 37.1 Å². The van der Waals surface area contributed by atoms with Gasteiger partial charge in [-0.15, -0.1) is 11.8 Å². The van der Waals surface area contributed by atoms with Crippen LogP contribution in [0.15, 0.2) is 29.2 Å². The average molecular weight is 274 g/mol. The van der Waals surface area contributed by atoms with E-state index in [0.29, 0.717) is 12.2 Å². The lowest BCUT2D eigenvalue weighted by atomic mass is 10.3. The molecule has 17 heavy (non-hydrogen) atoms. The molecule has 0 fully saturated rings. The topological polar surface area (TPSA) is 58.2 Å². The van der Waals surface area contributed by atoms with Crippen LogP contribution in [-0.2, 0) is 10.0 Å². The number of sulfonamides is 1. The van der Waals surface area contributed by atoms with E-state index in [0.717, 1.165) is 11.4 Å². The minimum Gasteiger partial charge on any atom is -0.316 e. The van der Waals surface area contributed by atoms with E-state index in [2.05, 4.69) is 10.0 Å². The second kappa shape index (κ2) is 6.88. The number of hydrogen-bond acceptors (Lipinski definition) is 4. The fraction of sp³-hybridized carbons (Fsp3) is 0.455. The molecule has 0 aromatic heterocycles. The van der Waals surface area contributed by atoms with Crippen LogP contribution < -0.4 is 10.0 Å². The minimum absolute atomic E-state index is 0.0884. The summed E-state index contributed by atoms with van der Waals surface area (Å²) < 4.78 is 25.9. The number of anilines is 1. The van der Waals surface area contributed by atoms with Gasteiger partial charge in [0.25, 0.3) is 0 Å². The van der Waals surface area contributed by atoms with Crippen molar-refractivity contribution < 1.29 is 8.42 Å². The van der Waals surface area contributed by atoms with Gasteiger partial charge in [-0.3, -0.25) is 4.72 Å². The zero-order valence-electron chi connectivity index (χ0n) is 10.1. The van der Waals surface area contributed by atoms with E-state index in [1.807, 2.05) is 25.3 Å². The Morgan fingerprint density at radius 3 is 2.41 bits per heavy atom. The van der Waals surface area contributed by atoms with Crippen LogP contribution in [0.3, 0.4) is 0 Å². The van der Waals surface area contributed by atoms with Crippen molar-refractivity contribution in [1.29, 1.82) is 0 Å². The summed E-state index contributed by atoms with van der Waals surface area (Å²) in [6.45, 7) is 3.19. The Morgan fingerprint density at radius 1 is 1.24 bits per heavy atom. The van der Waals surface area contributed by atoms with Gasteiger partial charge in [-0.1, -0.05) is 6.92 Å². The van der Waals surface area contributed by atoms with Crippen LogP contribution in [0.2, 0.25) is 0 Å². The lowest BCUT2D eigenvalue weighted by Gasteiger charge is -2.08. The van der Waals surface area contributed by atoms with Gasteiger partial charge in [0.1, 0.15) is 0 Å². The minimum atomic E-state index is -3.25. The molecular formula is C11H18N2O2S2. The van der Waals surface area contributed by atoms with Gasteiger partial charge in [-0.2, -0.15) is 0 Å². The summed E-state index contributed by atoms with van der Waals surface area (Å²) >= 11 is 1.63. The highest BCUT2D eigenvalue weighted by Crippen LogP contribution is 2.18. The third kappa shape index (κ3) is 5.43. The smallest absolute Gasteiger partial charge is 0.233 e. The third-order valence-corrected chi connectivity index (χ3v) is 4.19. The lowest BCUT2D eigenvalue weighted by Crippen LogP contribution is -2.26. The predicted octanol–water partition coefficient (Wildman–Crippen LogP) is 1.76. The van der Waals surface area contributed by atoms with Crippen LogP contribution in [0.5, 0.6) is 0 Å². The number of thioether (sulfide) groups is 1. The van der Waals surface area contributed by atoms with Gasteiger partial charge in [0, 0.05) is 17.1 Å². The molecule has 0 aliphatic carbocycles. The van der Waals surface area contributed by atoms with Gasteiger partial charge >= 0.3 is 0 Å². The van der Waals surface area contributed by atoms with E-state index in [-0.39, 0.29) is 5.75 Å². The molecular weight excluding hydrogens is 256 g/mol.